The molecule has 2 fully saturated rings. The molecule has 1 heterocycles. The van der Waals surface area contributed by atoms with Gasteiger partial charge < -0.3 is 25.2 Å². The number of ether oxygens (including phenoxy) is 1. The van der Waals surface area contributed by atoms with Gasteiger partial charge in [0, 0.05) is 66.0 Å². The monoisotopic (exact) mass is 382 g/mol. The number of methoxy groups -OCH3 is 1. The molecule has 0 bridgehead atoms. The van der Waals surface area contributed by atoms with Crippen LogP contribution < -0.4 is 10.6 Å². The van der Waals surface area contributed by atoms with Gasteiger partial charge in [-0.15, -0.1) is 0 Å². The third-order valence-corrected chi connectivity index (χ3v) is 5.57. The van der Waals surface area contributed by atoms with Crippen molar-refractivity contribution in [3.8, 4) is 0 Å². The van der Waals surface area contributed by atoms with E-state index in [9.17, 15) is 4.79 Å². The van der Waals surface area contributed by atoms with Crippen molar-refractivity contribution in [1.82, 2.24) is 25.3 Å². The number of likely N-dealkylation sites (N-methyl/N-ethyl adjacent to an activating group) is 1. The van der Waals surface area contributed by atoms with E-state index in [0.29, 0.717) is 19.7 Å². The smallest absolute Gasteiger partial charge is 0.234 e. The number of aliphatic imine (C=N–C) groups is 1. The van der Waals surface area contributed by atoms with Crippen molar-refractivity contribution in [3.05, 3.63) is 0 Å². The Hall–Kier alpha value is -1.38. The highest BCUT2D eigenvalue weighted by Gasteiger charge is 2.22. The third kappa shape index (κ3) is 7.63. The van der Waals surface area contributed by atoms with Crippen molar-refractivity contribution in [2.45, 2.75) is 31.7 Å². The van der Waals surface area contributed by atoms with Gasteiger partial charge in [-0.3, -0.25) is 14.7 Å². The SMILES string of the molecule is CN=C(NCCN(C)C1CCCC1)N1CCN(CC(=O)NCCOC)CC1. The molecule has 156 valence electrons. The van der Waals surface area contributed by atoms with Crippen molar-refractivity contribution >= 4 is 11.9 Å². The van der Waals surface area contributed by atoms with Crippen LogP contribution in [0.5, 0.6) is 0 Å². The summed E-state index contributed by atoms with van der Waals surface area (Å²) in [6.07, 6.45) is 5.43. The minimum Gasteiger partial charge on any atom is -0.383 e. The van der Waals surface area contributed by atoms with E-state index in [4.69, 9.17) is 4.74 Å². The second kappa shape index (κ2) is 12.2. The van der Waals surface area contributed by atoms with Crippen molar-refractivity contribution < 1.29 is 9.53 Å². The second-order valence-corrected chi connectivity index (χ2v) is 7.50. The molecule has 2 N–H and O–H groups in total. The first-order valence-corrected chi connectivity index (χ1v) is 10.3. The fourth-order valence-electron chi connectivity index (χ4n) is 3.87. The Morgan fingerprint density at radius 2 is 1.85 bits per heavy atom. The first-order valence-electron chi connectivity index (χ1n) is 10.3. The number of nitrogens with one attached hydrogen (secondary N) is 2. The zero-order valence-corrected chi connectivity index (χ0v) is 17.4. The van der Waals surface area contributed by atoms with E-state index in [2.05, 4.69) is 37.4 Å². The fraction of sp³-hybridized carbons (Fsp3) is 0.895. The Balaban J connectivity index is 1.63. The first kappa shape index (κ1) is 21.9. The zero-order valence-electron chi connectivity index (χ0n) is 17.4. The summed E-state index contributed by atoms with van der Waals surface area (Å²) in [7, 11) is 5.72. The van der Waals surface area contributed by atoms with Gasteiger partial charge in [0.15, 0.2) is 5.96 Å². The van der Waals surface area contributed by atoms with Crippen LogP contribution in [0.3, 0.4) is 0 Å². The summed E-state index contributed by atoms with van der Waals surface area (Å²) in [6.45, 7) is 7.08. The molecule has 1 saturated carbocycles. The second-order valence-electron chi connectivity index (χ2n) is 7.50. The summed E-state index contributed by atoms with van der Waals surface area (Å²) < 4.78 is 4.95. The highest BCUT2D eigenvalue weighted by Crippen LogP contribution is 2.21. The molecule has 1 saturated heterocycles. The first-order chi connectivity index (χ1) is 13.1. The van der Waals surface area contributed by atoms with Gasteiger partial charge >= 0.3 is 0 Å². The molecule has 0 spiro atoms. The van der Waals surface area contributed by atoms with Crippen molar-refractivity contribution in [2.24, 2.45) is 4.99 Å². The molecule has 0 aromatic rings. The van der Waals surface area contributed by atoms with Gasteiger partial charge in [0.1, 0.15) is 0 Å². The Morgan fingerprint density at radius 3 is 2.48 bits per heavy atom. The maximum absolute atomic E-state index is 11.9. The van der Waals surface area contributed by atoms with Crippen LogP contribution in [0.15, 0.2) is 4.99 Å². The number of hydrogen-bond donors (Lipinski definition) is 2. The van der Waals surface area contributed by atoms with E-state index >= 15 is 0 Å². The van der Waals surface area contributed by atoms with Gasteiger partial charge in [0.25, 0.3) is 0 Å². The summed E-state index contributed by atoms with van der Waals surface area (Å²) in [4.78, 5) is 23.3. The lowest BCUT2D eigenvalue weighted by molar-refractivity contribution is -0.122. The number of hydrogen-bond acceptors (Lipinski definition) is 5. The van der Waals surface area contributed by atoms with Gasteiger partial charge in [0.2, 0.25) is 5.91 Å². The predicted molar refractivity (Wildman–Crippen MR) is 109 cm³/mol. The van der Waals surface area contributed by atoms with E-state index < -0.39 is 0 Å². The summed E-state index contributed by atoms with van der Waals surface area (Å²) in [5.74, 6) is 1.04. The molecule has 0 atom stereocenters. The van der Waals surface area contributed by atoms with E-state index in [1.165, 1.54) is 25.7 Å². The molecule has 0 aromatic carbocycles. The van der Waals surface area contributed by atoms with Crippen LogP contribution in [0.1, 0.15) is 25.7 Å². The molecule has 1 aliphatic heterocycles. The lowest BCUT2D eigenvalue weighted by Crippen LogP contribution is -2.54. The molecule has 1 aliphatic carbocycles. The zero-order chi connectivity index (χ0) is 19.5. The maximum Gasteiger partial charge on any atom is 0.234 e. The average molecular weight is 383 g/mol. The summed E-state index contributed by atoms with van der Waals surface area (Å²) in [5, 5.41) is 6.38. The van der Waals surface area contributed by atoms with Crippen molar-refractivity contribution in [1.29, 1.82) is 0 Å². The average Bonchev–Trinajstić information content (AvgIpc) is 3.21. The minimum atomic E-state index is 0.0676. The van der Waals surface area contributed by atoms with E-state index in [-0.39, 0.29) is 5.91 Å². The molecule has 0 unspecified atom stereocenters. The summed E-state index contributed by atoms with van der Waals surface area (Å²) >= 11 is 0. The lowest BCUT2D eigenvalue weighted by atomic mass is 10.2. The summed E-state index contributed by atoms with van der Waals surface area (Å²) in [6, 6.07) is 0.757. The Kier molecular flexibility index (Phi) is 9.86. The molecular formula is C19H38N6O2. The van der Waals surface area contributed by atoms with E-state index in [1.807, 2.05) is 7.05 Å². The Labute approximate surface area is 164 Å². The summed E-state index contributed by atoms with van der Waals surface area (Å²) in [5.41, 5.74) is 0. The number of carbonyl (C=O) groups excluding carboxylic acids is 1. The van der Waals surface area contributed by atoms with Crippen molar-refractivity contribution in [2.75, 3.05) is 80.2 Å². The highest BCUT2D eigenvalue weighted by molar-refractivity contribution is 5.80. The van der Waals surface area contributed by atoms with Gasteiger partial charge in [-0.05, 0) is 19.9 Å². The number of piperazine rings is 1. The number of carbonyl (C=O) groups is 1. The minimum absolute atomic E-state index is 0.0676. The van der Waals surface area contributed by atoms with Gasteiger partial charge in [-0.2, -0.15) is 0 Å². The van der Waals surface area contributed by atoms with Crippen LogP contribution in [-0.4, -0.2) is 113 Å². The number of amides is 1. The van der Waals surface area contributed by atoms with Crippen LogP contribution in [-0.2, 0) is 9.53 Å². The topological polar surface area (TPSA) is 72.4 Å². The number of nitrogens with zero attached hydrogens (tertiary/aromatic N) is 4. The molecule has 2 aliphatic rings. The molecule has 2 rings (SSSR count). The van der Waals surface area contributed by atoms with Crippen LogP contribution in [0.4, 0.5) is 0 Å². The van der Waals surface area contributed by atoms with Crippen LogP contribution in [0, 0.1) is 0 Å². The molecule has 8 heteroatoms. The standard InChI is InChI=1S/C19H38N6O2/c1-20-19(22-8-10-23(2)17-6-4-5-7-17)25-13-11-24(12-14-25)16-18(26)21-9-15-27-3/h17H,4-16H2,1-3H3,(H,20,22)(H,21,26). The number of guanidine groups is 1. The van der Waals surface area contributed by atoms with Crippen LogP contribution in [0.2, 0.25) is 0 Å². The normalized spacial score (nSPS) is 19.7. The highest BCUT2D eigenvalue weighted by atomic mass is 16.5. The molecule has 0 aromatic heterocycles. The third-order valence-electron chi connectivity index (χ3n) is 5.57. The van der Waals surface area contributed by atoms with Crippen molar-refractivity contribution in [3.63, 3.8) is 0 Å². The lowest BCUT2D eigenvalue weighted by Gasteiger charge is -2.36. The molecule has 8 nitrogen and oxygen atoms in total. The largest absolute Gasteiger partial charge is 0.383 e. The van der Waals surface area contributed by atoms with E-state index in [0.717, 1.165) is 51.3 Å². The fourth-order valence-corrected chi connectivity index (χ4v) is 3.87. The molecule has 0 radical (unpaired) electrons. The molecule has 27 heavy (non-hydrogen) atoms. The van der Waals surface area contributed by atoms with Gasteiger partial charge in [-0.1, -0.05) is 12.8 Å². The Bertz CT molecular complexity index is 459. The molecule has 1 amide bonds. The molecular weight excluding hydrogens is 344 g/mol. The Morgan fingerprint density at radius 1 is 1.15 bits per heavy atom. The maximum atomic E-state index is 11.9. The quantitative estimate of drug-likeness (QED) is 0.327. The van der Waals surface area contributed by atoms with Crippen LogP contribution in [0.25, 0.3) is 0 Å². The number of rotatable bonds is 9. The van der Waals surface area contributed by atoms with Gasteiger partial charge in [-0.25, -0.2) is 0 Å². The van der Waals surface area contributed by atoms with Gasteiger partial charge in [0.05, 0.1) is 13.2 Å². The van der Waals surface area contributed by atoms with E-state index in [1.54, 1.807) is 7.11 Å². The van der Waals surface area contributed by atoms with Crippen LogP contribution >= 0.6 is 0 Å². The predicted octanol–water partition coefficient (Wildman–Crippen LogP) is -0.184.